The number of thioether (sulfide) groups is 1. The van der Waals surface area contributed by atoms with Crippen LogP contribution in [-0.4, -0.2) is 39.7 Å². The molecule has 1 N–H and O–H groups in total. The average molecular weight is 492 g/mol. The number of hydrogen-bond acceptors (Lipinski definition) is 6. The fourth-order valence-corrected chi connectivity index (χ4v) is 4.01. The fraction of sp³-hybridized carbons (Fsp3) is 0.120. The van der Waals surface area contributed by atoms with Gasteiger partial charge in [0.05, 0.1) is 19.1 Å². The van der Waals surface area contributed by atoms with Crippen LogP contribution in [0.2, 0.25) is 5.02 Å². The number of benzene rings is 3. The molecule has 0 radical (unpaired) electrons. The van der Waals surface area contributed by atoms with Crippen molar-refractivity contribution in [1.82, 2.24) is 20.2 Å². The van der Waals surface area contributed by atoms with E-state index in [2.05, 4.69) is 20.7 Å². The Morgan fingerprint density at radius 3 is 2.62 bits per heavy atom. The Morgan fingerprint density at radius 2 is 1.88 bits per heavy atom. The number of amides is 1. The van der Waals surface area contributed by atoms with Gasteiger partial charge < -0.3 is 4.74 Å². The number of methoxy groups -OCH3 is 1. The number of nitrogens with zero attached hydrogens (tertiary/aromatic N) is 4. The van der Waals surface area contributed by atoms with Crippen molar-refractivity contribution in [2.75, 3.05) is 12.9 Å². The maximum absolute atomic E-state index is 12.4. The molecule has 0 fully saturated rings. The van der Waals surface area contributed by atoms with Gasteiger partial charge in [0.25, 0.3) is 5.91 Å². The van der Waals surface area contributed by atoms with Crippen LogP contribution in [0.3, 0.4) is 0 Å². The number of hydrogen-bond donors (Lipinski definition) is 1. The van der Waals surface area contributed by atoms with Gasteiger partial charge in [0.2, 0.25) is 0 Å². The lowest BCUT2D eigenvalue weighted by molar-refractivity contribution is -0.118. The second-order valence-electron chi connectivity index (χ2n) is 7.34. The third-order valence-electron chi connectivity index (χ3n) is 4.86. The molecule has 34 heavy (non-hydrogen) atoms. The minimum absolute atomic E-state index is 0.120. The van der Waals surface area contributed by atoms with Gasteiger partial charge in [0, 0.05) is 16.3 Å². The van der Waals surface area contributed by atoms with Gasteiger partial charge in [-0.25, -0.2) is 5.43 Å². The summed E-state index contributed by atoms with van der Waals surface area (Å²) in [6.07, 6.45) is 1.57. The van der Waals surface area contributed by atoms with Crippen LogP contribution in [0, 0.1) is 6.92 Å². The lowest BCUT2D eigenvalue weighted by atomic mass is 10.1. The molecule has 0 saturated carbocycles. The lowest BCUT2D eigenvalue weighted by Crippen LogP contribution is -2.20. The quantitative estimate of drug-likeness (QED) is 0.209. The highest BCUT2D eigenvalue weighted by atomic mass is 35.5. The summed E-state index contributed by atoms with van der Waals surface area (Å²) in [7, 11) is 1.60. The third-order valence-corrected chi connectivity index (χ3v) is 6.04. The van der Waals surface area contributed by atoms with Gasteiger partial charge in [-0.05, 0) is 48.9 Å². The van der Waals surface area contributed by atoms with E-state index in [-0.39, 0.29) is 11.7 Å². The maximum Gasteiger partial charge on any atom is 0.250 e. The Labute approximate surface area is 206 Å². The van der Waals surface area contributed by atoms with Gasteiger partial charge in [-0.3, -0.25) is 9.36 Å². The van der Waals surface area contributed by atoms with Gasteiger partial charge in [-0.2, -0.15) is 5.10 Å². The van der Waals surface area contributed by atoms with E-state index in [9.17, 15) is 4.79 Å². The van der Waals surface area contributed by atoms with E-state index in [1.165, 1.54) is 11.8 Å². The van der Waals surface area contributed by atoms with Gasteiger partial charge >= 0.3 is 0 Å². The first kappa shape index (κ1) is 23.5. The summed E-state index contributed by atoms with van der Waals surface area (Å²) in [6, 6.07) is 22.8. The number of aryl methyl sites for hydroxylation is 1. The van der Waals surface area contributed by atoms with Gasteiger partial charge in [0.15, 0.2) is 11.0 Å². The summed E-state index contributed by atoms with van der Waals surface area (Å²) in [5.74, 6) is 1.26. The zero-order valence-electron chi connectivity index (χ0n) is 18.6. The van der Waals surface area contributed by atoms with Crippen molar-refractivity contribution in [1.29, 1.82) is 0 Å². The van der Waals surface area contributed by atoms with Crippen LogP contribution in [0.1, 0.15) is 11.1 Å². The Hall–Kier alpha value is -3.62. The molecule has 4 aromatic rings. The molecule has 9 heteroatoms. The molecule has 0 aliphatic heterocycles. The molecule has 4 rings (SSSR count). The smallest absolute Gasteiger partial charge is 0.250 e. The standard InChI is InChI=1S/C25H22ClN5O2S/c1-17-6-8-19(9-7-17)24-29-30-25(31(24)21-12-10-20(26)11-13-21)34-16-23(32)28-27-15-18-4-3-5-22(14-18)33-2/h3-15H,16H2,1-2H3,(H,28,32)/b27-15-. The highest BCUT2D eigenvalue weighted by molar-refractivity contribution is 7.99. The summed E-state index contributed by atoms with van der Waals surface area (Å²) in [5, 5.41) is 14.0. The molecule has 1 heterocycles. The highest BCUT2D eigenvalue weighted by Crippen LogP contribution is 2.28. The fourth-order valence-electron chi connectivity index (χ4n) is 3.14. The predicted octanol–water partition coefficient (Wildman–Crippen LogP) is 5.15. The average Bonchev–Trinajstić information content (AvgIpc) is 3.28. The largest absolute Gasteiger partial charge is 0.497 e. The number of aromatic nitrogens is 3. The van der Waals surface area contributed by atoms with Crippen molar-refractivity contribution >= 4 is 35.5 Å². The van der Waals surface area contributed by atoms with Crippen molar-refractivity contribution in [2.45, 2.75) is 12.1 Å². The van der Waals surface area contributed by atoms with Gasteiger partial charge in [-0.1, -0.05) is 65.3 Å². The van der Waals surface area contributed by atoms with Crippen LogP contribution >= 0.6 is 23.4 Å². The van der Waals surface area contributed by atoms with E-state index >= 15 is 0 Å². The summed E-state index contributed by atoms with van der Waals surface area (Å²) >= 11 is 7.36. The topological polar surface area (TPSA) is 81.4 Å². The number of hydrazone groups is 1. The molecule has 1 aromatic heterocycles. The van der Waals surface area contributed by atoms with Crippen molar-refractivity contribution in [3.8, 4) is 22.8 Å². The Bertz CT molecular complexity index is 1300. The predicted molar refractivity (Wildman–Crippen MR) is 136 cm³/mol. The van der Waals surface area contributed by atoms with Crippen molar-refractivity contribution in [3.05, 3.63) is 88.9 Å². The molecular formula is C25H22ClN5O2S. The number of rotatable bonds is 8. The van der Waals surface area contributed by atoms with Crippen LogP contribution < -0.4 is 10.2 Å². The SMILES string of the molecule is COc1cccc(/C=N\NC(=O)CSc2nnc(-c3ccc(C)cc3)n2-c2ccc(Cl)cc2)c1. The Kier molecular flexibility index (Phi) is 7.61. The lowest BCUT2D eigenvalue weighted by Gasteiger charge is -2.10. The van der Waals surface area contributed by atoms with E-state index in [1.54, 1.807) is 13.3 Å². The van der Waals surface area contributed by atoms with Gasteiger partial charge in [0.1, 0.15) is 5.75 Å². The molecule has 0 aliphatic carbocycles. The van der Waals surface area contributed by atoms with Crippen LogP contribution in [0.25, 0.3) is 17.1 Å². The second kappa shape index (κ2) is 11.0. The van der Waals surface area contributed by atoms with Gasteiger partial charge in [-0.15, -0.1) is 10.2 Å². The van der Waals surface area contributed by atoms with Crippen molar-refractivity contribution in [3.63, 3.8) is 0 Å². The summed E-state index contributed by atoms with van der Waals surface area (Å²) in [4.78, 5) is 12.4. The number of carbonyl (C=O) groups excluding carboxylic acids is 1. The van der Waals surface area contributed by atoms with Crippen LogP contribution in [0.15, 0.2) is 83.1 Å². The normalized spacial score (nSPS) is 11.0. The van der Waals surface area contributed by atoms with E-state index in [1.807, 2.05) is 84.3 Å². The van der Waals surface area contributed by atoms with Crippen LogP contribution in [0.4, 0.5) is 0 Å². The first-order valence-electron chi connectivity index (χ1n) is 10.4. The summed E-state index contributed by atoms with van der Waals surface area (Å²) in [6.45, 7) is 2.03. The van der Waals surface area contributed by atoms with E-state index < -0.39 is 0 Å². The first-order chi connectivity index (χ1) is 16.5. The molecule has 0 saturated heterocycles. The minimum atomic E-state index is -0.258. The second-order valence-corrected chi connectivity index (χ2v) is 8.72. The van der Waals surface area contributed by atoms with E-state index in [0.29, 0.717) is 16.0 Å². The minimum Gasteiger partial charge on any atom is -0.497 e. The number of halogens is 1. The highest BCUT2D eigenvalue weighted by Gasteiger charge is 2.17. The monoisotopic (exact) mass is 491 g/mol. The van der Waals surface area contributed by atoms with Crippen LogP contribution in [0.5, 0.6) is 5.75 Å². The Balaban J connectivity index is 1.50. The molecule has 0 bridgehead atoms. The molecule has 0 aliphatic rings. The molecule has 3 aromatic carbocycles. The van der Waals surface area contributed by atoms with Crippen molar-refractivity contribution < 1.29 is 9.53 Å². The Morgan fingerprint density at radius 1 is 1.12 bits per heavy atom. The first-order valence-corrected chi connectivity index (χ1v) is 11.8. The molecule has 1 amide bonds. The number of ether oxygens (including phenoxy) is 1. The molecule has 7 nitrogen and oxygen atoms in total. The van der Waals surface area contributed by atoms with E-state index in [0.717, 1.165) is 28.1 Å². The van der Waals surface area contributed by atoms with Crippen LogP contribution in [-0.2, 0) is 4.79 Å². The molecule has 0 unspecified atom stereocenters. The zero-order valence-corrected chi connectivity index (χ0v) is 20.2. The zero-order chi connectivity index (χ0) is 23.9. The molecular weight excluding hydrogens is 470 g/mol. The maximum atomic E-state index is 12.4. The summed E-state index contributed by atoms with van der Waals surface area (Å²) in [5.41, 5.74) is 6.29. The van der Waals surface area contributed by atoms with E-state index in [4.69, 9.17) is 16.3 Å². The molecule has 0 spiro atoms. The molecule has 0 atom stereocenters. The number of nitrogens with one attached hydrogen (secondary N) is 1. The summed E-state index contributed by atoms with van der Waals surface area (Å²) < 4.78 is 7.10. The third kappa shape index (κ3) is 5.84. The number of carbonyl (C=O) groups is 1. The van der Waals surface area contributed by atoms with Crippen molar-refractivity contribution in [2.24, 2.45) is 5.10 Å². The molecule has 172 valence electrons.